The van der Waals surface area contributed by atoms with Crippen molar-refractivity contribution in [1.82, 2.24) is 5.32 Å². The van der Waals surface area contributed by atoms with E-state index in [0.717, 1.165) is 83.5 Å². The molecule has 17 unspecified atom stereocenters. The number of carbonyl (C=O) groups is 1. The summed E-state index contributed by atoms with van der Waals surface area (Å²) in [5.41, 5.74) is 0. The van der Waals surface area contributed by atoms with Gasteiger partial charge in [0.15, 0.2) is 18.9 Å². The first-order chi connectivity index (χ1) is 45.3. The zero-order valence-electron chi connectivity index (χ0n) is 57.0. The molecule has 19 nitrogen and oxygen atoms in total. The van der Waals surface area contributed by atoms with Crippen LogP contribution in [0, 0.1) is 0 Å². The molecule has 0 saturated carbocycles. The monoisotopic (exact) mass is 1320 g/mol. The number of nitrogens with one attached hydrogen (secondary N) is 1. The molecule has 0 aliphatic carbocycles. The Kier molecular flexibility index (Phi) is 49.7. The lowest BCUT2D eigenvalue weighted by atomic mass is 9.96. The third-order valence-corrected chi connectivity index (χ3v) is 17.7. The van der Waals surface area contributed by atoms with Crippen LogP contribution < -0.4 is 5.32 Å². The first kappa shape index (κ1) is 84.2. The predicted octanol–water partition coefficient (Wildman–Crippen LogP) is 10.3. The standard InChI is InChI=1S/C74H129NO18/c1-3-5-7-9-11-13-15-17-19-21-23-25-27-28-30-32-34-36-38-40-42-44-46-48-50-52-62(80)75-57(58(79)51-49-47-45-43-41-39-37-35-33-31-29-26-24-22-20-18-16-14-12-10-8-6-4-2)56-88-72-68(86)65(83)70(60(54-77)90-72)93-74-69(87)66(84)71(61(55-78)91-74)92-73-67(85)64(82)63(81)59(53-76)89-73/h5,7,11,13,17,19,23,25,28,30,41,43,49,51,57-61,63-74,76-79,81-87H,3-4,6,8-10,12,14-16,18,20-22,24,26-27,29,31-40,42,44-48,50,52-56H2,1-2H3,(H,75,80)/b7-5-,13-11-,19-17-,25-23-,30-28-,43-41+,51-49+. The molecule has 0 aromatic carbocycles. The van der Waals surface area contributed by atoms with E-state index >= 15 is 0 Å². The van der Waals surface area contributed by atoms with Crippen molar-refractivity contribution >= 4 is 5.91 Å². The third-order valence-electron chi connectivity index (χ3n) is 17.7. The summed E-state index contributed by atoms with van der Waals surface area (Å²) in [4.78, 5) is 13.4. The van der Waals surface area contributed by atoms with Crippen molar-refractivity contribution in [1.29, 1.82) is 0 Å². The van der Waals surface area contributed by atoms with Gasteiger partial charge in [0.25, 0.3) is 0 Å². The molecule has 3 fully saturated rings. The Labute approximate surface area is 559 Å². The van der Waals surface area contributed by atoms with Crippen LogP contribution in [0.5, 0.6) is 0 Å². The van der Waals surface area contributed by atoms with Crippen molar-refractivity contribution in [3.8, 4) is 0 Å². The van der Waals surface area contributed by atoms with E-state index in [9.17, 15) is 61.0 Å². The van der Waals surface area contributed by atoms with Crippen LogP contribution >= 0.6 is 0 Å². The van der Waals surface area contributed by atoms with Crippen LogP contribution in [-0.2, 0) is 33.2 Å². The normalized spacial score (nSPS) is 28.0. The molecule has 0 aromatic heterocycles. The van der Waals surface area contributed by atoms with Gasteiger partial charge < -0.3 is 89.9 Å². The third kappa shape index (κ3) is 36.4. The Balaban J connectivity index is 1.44. The minimum Gasteiger partial charge on any atom is -0.394 e. The van der Waals surface area contributed by atoms with Gasteiger partial charge in [-0.05, 0) is 77.0 Å². The maximum atomic E-state index is 13.4. The fraction of sp³-hybridized carbons (Fsp3) is 0.797. The van der Waals surface area contributed by atoms with Crippen molar-refractivity contribution in [2.45, 2.75) is 349 Å². The smallest absolute Gasteiger partial charge is 0.220 e. The van der Waals surface area contributed by atoms with Crippen LogP contribution in [0.25, 0.3) is 0 Å². The molecule has 19 heteroatoms. The molecule has 538 valence electrons. The Hall–Kier alpha value is -3.03. The first-order valence-electron chi connectivity index (χ1n) is 36.3. The summed E-state index contributed by atoms with van der Waals surface area (Å²) in [6.45, 7) is 1.61. The fourth-order valence-corrected chi connectivity index (χ4v) is 11.8. The number of rotatable bonds is 55. The van der Waals surface area contributed by atoms with Gasteiger partial charge >= 0.3 is 0 Å². The molecule has 0 aromatic rings. The molecule has 93 heavy (non-hydrogen) atoms. The second-order valence-corrected chi connectivity index (χ2v) is 25.7. The molecule has 3 aliphatic heterocycles. The van der Waals surface area contributed by atoms with E-state index in [1.54, 1.807) is 6.08 Å². The summed E-state index contributed by atoms with van der Waals surface area (Å²) in [6, 6.07) is -1.000. The highest BCUT2D eigenvalue weighted by Crippen LogP contribution is 2.33. The number of amides is 1. The number of unbranched alkanes of at least 4 members (excludes halogenated alkanes) is 27. The van der Waals surface area contributed by atoms with Crippen LogP contribution in [0.15, 0.2) is 85.1 Å². The van der Waals surface area contributed by atoms with Gasteiger partial charge in [-0.25, -0.2) is 0 Å². The van der Waals surface area contributed by atoms with Gasteiger partial charge in [0.2, 0.25) is 5.91 Å². The van der Waals surface area contributed by atoms with E-state index in [1.165, 1.54) is 128 Å². The maximum absolute atomic E-state index is 13.4. The predicted molar refractivity (Wildman–Crippen MR) is 364 cm³/mol. The van der Waals surface area contributed by atoms with Crippen molar-refractivity contribution in [3.63, 3.8) is 0 Å². The summed E-state index contributed by atoms with van der Waals surface area (Å²) >= 11 is 0. The molecule has 1 amide bonds. The van der Waals surface area contributed by atoms with Crippen LogP contribution in [0.4, 0.5) is 0 Å². The van der Waals surface area contributed by atoms with E-state index in [2.05, 4.69) is 92.1 Å². The number of aliphatic hydroxyl groups is 11. The quantitative estimate of drug-likeness (QED) is 0.0199. The SMILES string of the molecule is CC/C=C\C/C=C\C/C=C\C/C=C\C/C=C\CCCCCCCCCCCC(=O)NC(COC1OC(CO)C(OC2OC(CO)C(OC3OC(CO)C(O)C(O)C3O)C(O)C2O)C(O)C1O)C(O)/C=C/CC/C=C/CCCCCCCCCCCCCCCCCCC. The number of carbonyl (C=O) groups excluding carboxylic acids is 1. The number of hydrogen-bond donors (Lipinski definition) is 12. The van der Waals surface area contributed by atoms with Gasteiger partial charge in [-0.1, -0.05) is 247 Å². The summed E-state index contributed by atoms with van der Waals surface area (Å²) < 4.78 is 34.4. The van der Waals surface area contributed by atoms with Crippen molar-refractivity contribution in [2.75, 3.05) is 26.4 Å². The first-order valence-corrected chi connectivity index (χ1v) is 36.3. The van der Waals surface area contributed by atoms with E-state index in [-0.39, 0.29) is 18.9 Å². The molecule has 17 atom stereocenters. The highest BCUT2D eigenvalue weighted by atomic mass is 16.8. The zero-order chi connectivity index (χ0) is 67.5. The average molecular weight is 1320 g/mol. The molecule has 3 rings (SSSR count). The summed E-state index contributed by atoms with van der Waals surface area (Å²) in [7, 11) is 0. The molecule has 0 bridgehead atoms. The van der Waals surface area contributed by atoms with Gasteiger partial charge in [0, 0.05) is 6.42 Å². The Morgan fingerprint density at radius 3 is 1.20 bits per heavy atom. The van der Waals surface area contributed by atoms with Crippen LogP contribution in [0.2, 0.25) is 0 Å². The van der Waals surface area contributed by atoms with E-state index in [1.807, 2.05) is 6.08 Å². The van der Waals surface area contributed by atoms with Crippen LogP contribution in [0.3, 0.4) is 0 Å². The van der Waals surface area contributed by atoms with Gasteiger partial charge in [0.05, 0.1) is 38.6 Å². The highest BCUT2D eigenvalue weighted by Gasteiger charge is 2.53. The number of allylic oxidation sites excluding steroid dienone is 13. The largest absolute Gasteiger partial charge is 0.394 e. The zero-order valence-corrected chi connectivity index (χ0v) is 57.0. The molecule has 3 heterocycles. The number of hydrogen-bond acceptors (Lipinski definition) is 18. The fourth-order valence-electron chi connectivity index (χ4n) is 11.8. The lowest BCUT2D eigenvalue weighted by Gasteiger charge is -2.48. The van der Waals surface area contributed by atoms with E-state index in [4.69, 9.17) is 28.4 Å². The van der Waals surface area contributed by atoms with Gasteiger partial charge in [0.1, 0.15) is 73.2 Å². The average Bonchev–Trinajstić information content (AvgIpc) is 0.819. The minimum absolute atomic E-state index is 0.224. The Bertz CT molecular complexity index is 2010. The second kappa shape index (κ2) is 54.9. The maximum Gasteiger partial charge on any atom is 0.220 e. The van der Waals surface area contributed by atoms with Gasteiger partial charge in [-0.15, -0.1) is 0 Å². The summed E-state index contributed by atoms with van der Waals surface area (Å²) in [5.74, 6) is -0.294. The number of ether oxygens (including phenoxy) is 6. The van der Waals surface area contributed by atoms with Crippen molar-refractivity contribution < 1.29 is 89.4 Å². The lowest BCUT2D eigenvalue weighted by molar-refractivity contribution is -0.379. The van der Waals surface area contributed by atoms with Gasteiger partial charge in [-0.2, -0.15) is 0 Å². The molecule has 12 N–H and O–H groups in total. The van der Waals surface area contributed by atoms with E-state index < -0.39 is 124 Å². The lowest BCUT2D eigenvalue weighted by Crippen LogP contribution is -2.66. The molecule has 0 radical (unpaired) electrons. The highest BCUT2D eigenvalue weighted by molar-refractivity contribution is 5.76. The van der Waals surface area contributed by atoms with E-state index in [0.29, 0.717) is 12.8 Å². The van der Waals surface area contributed by atoms with Crippen LogP contribution in [0.1, 0.15) is 245 Å². The molecule has 3 aliphatic rings. The summed E-state index contributed by atoms with van der Waals surface area (Å²) in [6.07, 6.45) is 44.1. The van der Waals surface area contributed by atoms with Crippen LogP contribution in [-0.4, -0.2) is 193 Å². The second-order valence-electron chi connectivity index (χ2n) is 25.7. The van der Waals surface area contributed by atoms with Crippen molar-refractivity contribution in [3.05, 3.63) is 85.1 Å². The summed E-state index contributed by atoms with van der Waals surface area (Å²) in [5, 5.41) is 121. The Morgan fingerprint density at radius 2 is 0.753 bits per heavy atom. The molecular weight excluding hydrogens is 1190 g/mol. The molecular formula is C74H129NO18. The number of aliphatic hydroxyl groups excluding tert-OH is 11. The Morgan fingerprint density at radius 1 is 0.398 bits per heavy atom. The topological polar surface area (TPSA) is 307 Å². The van der Waals surface area contributed by atoms with Gasteiger partial charge in [-0.3, -0.25) is 4.79 Å². The van der Waals surface area contributed by atoms with Crippen molar-refractivity contribution in [2.24, 2.45) is 0 Å². The minimum atomic E-state index is -1.99. The molecule has 3 saturated heterocycles. The molecule has 0 spiro atoms.